The lowest BCUT2D eigenvalue weighted by Crippen LogP contribution is -2.24. The Bertz CT molecular complexity index is 106. The van der Waals surface area contributed by atoms with E-state index in [4.69, 9.17) is 0 Å². The summed E-state index contributed by atoms with van der Waals surface area (Å²) in [6, 6.07) is 0. The molecule has 0 bridgehead atoms. The van der Waals surface area contributed by atoms with Crippen molar-refractivity contribution in [1.82, 2.24) is 5.32 Å². The van der Waals surface area contributed by atoms with Gasteiger partial charge in [0.1, 0.15) is 0 Å². The highest BCUT2D eigenvalue weighted by Crippen LogP contribution is 1.92. The number of thiol groups is 1. The Hall–Kier alpha value is -0.180. The van der Waals surface area contributed by atoms with Crippen LogP contribution in [0.4, 0.5) is 0 Å². The summed E-state index contributed by atoms with van der Waals surface area (Å²) < 4.78 is 0. The summed E-state index contributed by atoms with van der Waals surface area (Å²) in [6.07, 6.45) is 3.71. The monoisotopic (exact) mass is 175 g/mol. The van der Waals surface area contributed by atoms with Crippen molar-refractivity contribution in [2.75, 3.05) is 12.3 Å². The molecule has 0 saturated carbocycles. The molecule has 1 N–H and O–H groups in total. The van der Waals surface area contributed by atoms with Crippen molar-refractivity contribution in [2.45, 2.75) is 32.6 Å². The Morgan fingerprint density at radius 2 is 2.18 bits per heavy atom. The van der Waals surface area contributed by atoms with E-state index in [2.05, 4.69) is 24.9 Å². The molecule has 0 aliphatic heterocycles. The maximum absolute atomic E-state index is 10.9. The van der Waals surface area contributed by atoms with Gasteiger partial charge >= 0.3 is 0 Å². The fraction of sp³-hybridized carbons (Fsp3) is 0.875. The van der Waals surface area contributed by atoms with Gasteiger partial charge < -0.3 is 5.32 Å². The highest BCUT2D eigenvalue weighted by molar-refractivity contribution is 7.80. The number of amides is 1. The van der Waals surface area contributed by atoms with Crippen LogP contribution in [-0.2, 0) is 4.79 Å². The lowest BCUT2D eigenvalue weighted by atomic mass is 10.2. The SMILES string of the molecule is CCCCC(=O)NCCCS. The molecule has 0 heterocycles. The average Bonchev–Trinajstić information content (AvgIpc) is 2.01. The van der Waals surface area contributed by atoms with Crippen LogP contribution in [0.25, 0.3) is 0 Å². The molecule has 2 nitrogen and oxygen atoms in total. The average molecular weight is 175 g/mol. The van der Waals surface area contributed by atoms with Crippen LogP contribution in [0, 0.1) is 0 Å². The quantitative estimate of drug-likeness (QED) is 0.466. The lowest BCUT2D eigenvalue weighted by molar-refractivity contribution is -0.121. The molecule has 0 spiro atoms. The zero-order chi connectivity index (χ0) is 8.53. The molecule has 0 aromatic heterocycles. The van der Waals surface area contributed by atoms with Gasteiger partial charge in [0.25, 0.3) is 0 Å². The predicted molar refractivity (Wildman–Crippen MR) is 51.0 cm³/mol. The van der Waals surface area contributed by atoms with Crippen molar-refractivity contribution in [1.29, 1.82) is 0 Å². The van der Waals surface area contributed by atoms with Gasteiger partial charge in [0, 0.05) is 13.0 Å². The van der Waals surface area contributed by atoms with Gasteiger partial charge in [-0.15, -0.1) is 0 Å². The molecule has 0 aliphatic carbocycles. The van der Waals surface area contributed by atoms with E-state index < -0.39 is 0 Å². The molecule has 11 heavy (non-hydrogen) atoms. The summed E-state index contributed by atoms with van der Waals surface area (Å²) in [5, 5.41) is 2.83. The van der Waals surface area contributed by atoms with Gasteiger partial charge in [-0.1, -0.05) is 13.3 Å². The van der Waals surface area contributed by atoms with Crippen molar-refractivity contribution in [3.05, 3.63) is 0 Å². The molecule has 0 unspecified atom stereocenters. The summed E-state index contributed by atoms with van der Waals surface area (Å²) in [4.78, 5) is 10.9. The lowest BCUT2D eigenvalue weighted by Gasteiger charge is -2.01. The molecule has 0 aliphatic rings. The minimum absolute atomic E-state index is 0.175. The van der Waals surface area contributed by atoms with Gasteiger partial charge in [-0.3, -0.25) is 4.79 Å². The highest BCUT2D eigenvalue weighted by Gasteiger charge is 1.97. The summed E-state index contributed by atoms with van der Waals surface area (Å²) in [5.74, 6) is 1.02. The summed E-state index contributed by atoms with van der Waals surface area (Å²) in [5.41, 5.74) is 0. The maximum atomic E-state index is 10.9. The first-order valence-electron chi connectivity index (χ1n) is 4.18. The largest absolute Gasteiger partial charge is 0.356 e. The van der Waals surface area contributed by atoms with Crippen LogP contribution in [0.5, 0.6) is 0 Å². The second-order valence-corrected chi connectivity index (χ2v) is 2.98. The Morgan fingerprint density at radius 1 is 1.45 bits per heavy atom. The molecular formula is C8H17NOS. The molecule has 0 fully saturated rings. The topological polar surface area (TPSA) is 29.1 Å². The maximum Gasteiger partial charge on any atom is 0.219 e. The minimum Gasteiger partial charge on any atom is -0.356 e. The first kappa shape index (κ1) is 10.8. The van der Waals surface area contributed by atoms with E-state index in [1.54, 1.807) is 0 Å². The Balaban J connectivity index is 3.09. The number of rotatable bonds is 6. The smallest absolute Gasteiger partial charge is 0.219 e. The van der Waals surface area contributed by atoms with E-state index in [0.29, 0.717) is 6.42 Å². The Labute approximate surface area is 74.2 Å². The van der Waals surface area contributed by atoms with Crippen molar-refractivity contribution < 1.29 is 4.79 Å². The summed E-state index contributed by atoms with van der Waals surface area (Å²) in [6.45, 7) is 2.85. The second kappa shape index (κ2) is 7.92. The van der Waals surface area contributed by atoms with Crippen LogP contribution < -0.4 is 5.32 Å². The number of carbonyl (C=O) groups excluding carboxylic acids is 1. The molecule has 0 radical (unpaired) electrons. The van der Waals surface area contributed by atoms with Gasteiger partial charge in [-0.2, -0.15) is 12.6 Å². The van der Waals surface area contributed by atoms with Crippen LogP contribution in [-0.4, -0.2) is 18.2 Å². The standard InChI is InChI=1S/C8H17NOS/c1-2-3-5-8(10)9-6-4-7-11/h11H,2-7H2,1H3,(H,9,10). The van der Waals surface area contributed by atoms with Crippen molar-refractivity contribution in [3.63, 3.8) is 0 Å². The van der Waals surface area contributed by atoms with Crippen molar-refractivity contribution >= 4 is 18.5 Å². The number of carbonyl (C=O) groups is 1. The van der Waals surface area contributed by atoms with E-state index in [-0.39, 0.29) is 5.91 Å². The van der Waals surface area contributed by atoms with Crippen LogP contribution in [0.3, 0.4) is 0 Å². The van der Waals surface area contributed by atoms with Gasteiger partial charge in [-0.25, -0.2) is 0 Å². The van der Waals surface area contributed by atoms with E-state index in [9.17, 15) is 4.79 Å². The fourth-order valence-electron chi connectivity index (χ4n) is 0.733. The molecule has 0 aromatic rings. The van der Waals surface area contributed by atoms with Crippen molar-refractivity contribution in [2.24, 2.45) is 0 Å². The van der Waals surface area contributed by atoms with Gasteiger partial charge in [0.05, 0.1) is 0 Å². The van der Waals surface area contributed by atoms with Crippen LogP contribution in [0.15, 0.2) is 0 Å². The third kappa shape index (κ3) is 7.72. The molecule has 0 atom stereocenters. The van der Waals surface area contributed by atoms with Crippen LogP contribution in [0.2, 0.25) is 0 Å². The van der Waals surface area contributed by atoms with Crippen LogP contribution >= 0.6 is 12.6 Å². The second-order valence-electron chi connectivity index (χ2n) is 2.53. The number of hydrogen-bond donors (Lipinski definition) is 2. The predicted octanol–water partition coefficient (Wildman–Crippen LogP) is 1.61. The molecule has 0 saturated heterocycles. The highest BCUT2D eigenvalue weighted by atomic mass is 32.1. The summed E-state index contributed by atoms with van der Waals surface area (Å²) in [7, 11) is 0. The molecule has 0 rings (SSSR count). The zero-order valence-electron chi connectivity index (χ0n) is 7.10. The third-order valence-electron chi connectivity index (χ3n) is 1.41. The Morgan fingerprint density at radius 3 is 2.73 bits per heavy atom. The molecule has 0 aromatic carbocycles. The first-order chi connectivity index (χ1) is 5.31. The Kier molecular flexibility index (Phi) is 7.79. The number of hydrogen-bond acceptors (Lipinski definition) is 2. The minimum atomic E-state index is 0.175. The molecule has 3 heteroatoms. The zero-order valence-corrected chi connectivity index (χ0v) is 7.99. The van der Waals surface area contributed by atoms with E-state index >= 15 is 0 Å². The van der Waals surface area contributed by atoms with Gasteiger partial charge in [0.15, 0.2) is 0 Å². The molecule has 66 valence electrons. The molecular weight excluding hydrogens is 158 g/mol. The number of nitrogens with one attached hydrogen (secondary N) is 1. The normalized spacial score (nSPS) is 9.64. The fourth-order valence-corrected chi connectivity index (χ4v) is 0.891. The molecule has 1 amide bonds. The van der Waals surface area contributed by atoms with Gasteiger partial charge in [-0.05, 0) is 18.6 Å². The number of unbranched alkanes of at least 4 members (excludes halogenated alkanes) is 1. The van der Waals surface area contributed by atoms with Crippen LogP contribution in [0.1, 0.15) is 32.6 Å². The van der Waals surface area contributed by atoms with Crippen molar-refractivity contribution in [3.8, 4) is 0 Å². The van der Waals surface area contributed by atoms with E-state index in [1.807, 2.05) is 0 Å². The van der Waals surface area contributed by atoms with E-state index in [0.717, 1.165) is 31.6 Å². The van der Waals surface area contributed by atoms with E-state index in [1.165, 1.54) is 0 Å². The third-order valence-corrected chi connectivity index (χ3v) is 1.73. The summed E-state index contributed by atoms with van der Waals surface area (Å²) >= 11 is 4.04. The van der Waals surface area contributed by atoms with Gasteiger partial charge in [0.2, 0.25) is 5.91 Å². The first-order valence-corrected chi connectivity index (χ1v) is 4.82.